The van der Waals surface area contributed by atoms with Gasteiger partial charge in [-0.3, -0.25) is 9.59 Å². The van der Waals surface area contributed by atoms with E-state index in [9.17, 15) is 9.59 Å². The van der Waals surface area contributed by atoms with Crippen molar-refractivity contribution in [2.75, 3.05) is 18.5 Å². The molecule has 0 saturated heterocycles. The van der Waals surface area contributed by atoms with Crippen molar-refractivity contribution in [3.63, 3.8) is 0 Å². The first-order chi connectivity index (χ1) is 12.0. The van der Waals surface area contributed by atoms with E-state index in [1.807, 2.05) is 38.1 Å². The third kappa shape index (κ3) is 5.60. The zero-order valence-electron chi connectivity index (χ0n) is 14.3. The Balaban J connectivity index is 1.87. The van der Waals surface area contributed by atoms with Crippen LogP contribution in [0.1, 0.15) is 29.3 Å². The summed E-state index contributed by atoms with van der Waals surface area (Å²) >= 11 is 3.38. The highest BCUT2D eigenvalue weighted by molar-refractivity contribution is 9.10. The molecule has 0 aliphatic heterocycles. The number of ether oxygens (including phenoxy) is 1. The number of aryl methyl sites for hydroxylation is 1. The van der Waals surface area contributed by atoms with Crippen LogP contribution in [0.4, 0.5) is 5.69 Å². The number of carbonyl (C=O) groups is 2. The Kier molecular flexibility index (Phi) is 7.01. The summed E-state index contributed by atoms with van der Waals surface area (Å²) in [6, 6.07) is 12.7. The first-order valence-electron chi connectivity index (χ1n) is 8.07. The maximum atomic E-state index is 12.2. The van der Waals surface area contributed by atoms with Gasteiger partial charge in [-0.25, -0.2) is 0 Å². The molecule has 2 amide bonds. The molecule has 2 aromatic carbocycles. The van der Waals surface area contributed by atoms with Crippen LogP contribution in [-0.2, 0) is 4.79 Å². The van der Waals surface area contributed by atoms with E-state index in [0.717, 1.165) is 15.7 Å². The minimum absolute atomic E-state index is 0.153. The molecular weight excluding hydrogens is 384 g/mol. The Labute approximate surface area is 155 Å². The molecule has 0 atom stereocenters. The quantitative estimate of drug-likeness (QED) is 0.734. The lowest BCUT2D eigenvalue weighted by Crippen LogP contribution is -2.28. The highest BCUT2D eigenvalue weighted by Gasteiger charge is 2.12. The van der Waals surface area contributed by atoms with Gasteiger partial charge in [-0.05, 0) is 43.7 Å². The Morgan fingerprint density at radius 3 is 2.68 bits per heavy atom. The fourth-order valence-electron chi connectivity index (χ4n) is 2.26. The van der Waals surface area contributed by atoms with Crippen molar-refractivity contribution < 1.29 is 14.3 Å². The van der Waals surface area contributed by atoms with Crippen molar-refractivity contribution in [3.05, 3.63) is 58.1 Å². The fraction of sp³-hybridized carbons (Fsp3) is 0.263. The Bertz CT molecular complexity index is 762. The van der Waals surface area contributed by atoms with Gasteiger partial charge in [0, 0.05) is 23.1 Å². The summed E-state index contributed by atoms with van der Waals surface area (Å²) in [5.41, 5.74) is 2.20. The monoisotopic (exact) mass is 404 g/mol. The lowest BCUT2D eigenvalue weighted by molar-refractivity contribution is -0.116. The number of nitrogens with one attached hydrogen (secondary N) is 2. The molecule has 0 unspecified atom stereocenters. The third-order valence-corrected chi connectivity index (χ3v) is 4.04. The highest BCUT2D eigenvalue weighted by Crippen LogP contribution is 2.21. The number of hydrogen-bond donors (Lipinski definition) is 2. The maximum Gasteiger partial charge on any atom is 0.255 e. The number of para-hydroxylation sites is 1. The van der Waals surface area contributed by atoms with Crippen LogP contribution in [0.2, 0.25) is 0 Å². The molecule has 132 valence electrons. The van der Waals surface area contributed by atoms with Crippen LogP contribution in [0.15, 0.2) is 46.9 Å². The highest BCUT2D eigenvalue weighted by atomic mass is 79.9. The van der Waals surface area contributed by atoms with Crippen LogP contribution in [0, 0.1) is 6.92 Å². The predicted octanol–water partition coefficient (Wildman–Crippen LogP) is 3.91. The molecule has 6 heteroatoms. The van der Waals surface area contributed by atoms with Crippen LogP contribution >= 0.6 is 15.9 Å². The molecule has 2 N–H and O–H groups in total. The number of hydrogen-bond acceptors (Lipinski definition) is 3. The van der Waals surface area contributed by atoms with Gasteiger partial charge in [-0.2, -0.15) is 0 Å². The molecule has 0 heterocycles. The molecule has 0 aromatic heterocycles. The summed E-state index contributed by atoms with van der Waals surface area (Å²) in [6.45, 7) is 4.52. The normalized spacial score (nSPS) is 10.2. The number of benzene rings is 2. The van der Waals surface area contributed by atoms with Crippen molar-refractivity contribution in [1.82, 2.24) is 5.32 Å². The van der Waals surface area contributed by atoms with Gasteiger partial charge in [0.15, 0.2) is 0 Å². The van der Waals surface area contributed by atoms with E-state index < -0.39 is 0 Å². The number of amides is 2. The molecule has 2 rings (SSSR count). The molecule has 0 fully saturated rings. The molecular formula is C19H21BrN2O3. The molecule has 0 saturated carbocycles. The summed E-state index contributed by atoms with van der Waals surface area (Å²) in [6.07, 6.45) is 0.189. The SMILES string of the molecule is CCOc1ccccc1C(=O)NCCC(=O)Nc1cc(Br)ccc1C. The predicted molar refractivity (Wildman–Crippen MR) is 102 cm³/mol. The number of carbonyl (C=O) groups excluding carboxylic acids is 2. The van der Waals surface area contributed by atoms with Gasteiger partial charge in [0.25, 0.3) is 5.91 Å². The largest absolute Gasteiger partial charge is 0.493 e. The standard InChI is InChI=1S/C19H21BrN2O3/c1-3-25-17-7-5-4-6-15(17)19(24)21-11-10-18(23)22-16-12-14(20)9-8-13(16)2/h4-9,12H,3,10-11H2,1-2H3,(H,21,24)(H,22,23). The van der Waals surface area contributed by atoms with E-state index in [2.05, 4.69) is 26.6 Å². The smallest absolute Gasteiger partial charge is 0.255 e. The summed E-state index contributed by atoms with van der Waals surface area (Å²) in [4.78, 5) is 24.3. The van der Waals surface area contributed by atoms with Gasteiger partial charge in [0.2, 0.25) is 5.91 Å². The van der Waals surface area contributed by atoms with E-state index in [0.29, 0.717) is 17.9 Å². The molecule has 2 aromatic rings. The van der Waals surface area contributed by atoms with Crippen molar-refractivity contribution in [2.45, 2.75) is 20.3 Å². The lowest BCUT2D eigenvalue weighted by Gasteiger charge is -2.11. The summed E-state index contributed by atoms with van der Waals surface area (Å²) in [5, 5.41) is 5.60. The summed E-state index contributed by atoms with van der Waals surface area (Å²) in [7, 11) is 0. The van der Waals surface area contributed by atoms with E-state index in [1.54, 1.807) is 18.2 Å². The van der Waals surface area contributed by atoms with Crippen molar-refractivity contribution >= 4 is 33.4 Å². The molecule has 5 nitrogen and oxygen atoms in total. The van der Waals surface area contributed by atoms with Gasteiger partial charge < -0.3 is 15.4 Å². The second kappa shape index (κ2) is 9.22. The van der Waals surface area contributed by atoms with E-state index >= 15 is 0 Å². The van der Waals surface area contributed by atoms with Crippen LogP contribution in [0.25, 0.3) is 0 Å². The van der Waals surface area contributed by atoms with Gasteiger partial charge in [-0.1, -0.05) is 34.1 Å². The van der Waals surface area contributed by atoms with Crippen LogP contribution in [-0.4, -0.2) is 25.0 Å². The minimum atomic E-state index is -0.254. The van der Waals surface area contributed by atoms with Crippen LogP contribution < -0.4 is 15.4 Å². The topological polar surface area (TPSA) is 67.4 Å². The third-order valence-electron chi connectivity index (χ3n) is 3.54. The van der Waals surface area contributed by atoms with Crippen molar-refractivity contribution in [2.24, 2.45) is 0 Å². The van der Waals surface area contributed by atoms with E-state index in [1.165, 1.54) is 0 Å². The zero-order valence-corrected chi connectivity index (χ0v) is 15.9. The van der Waals surface area contributed by atoms with Gasteiger partial charge in [-0.15, -0.1) is 0 Å². The first-order valence-corrected chi connectivity index (χ1v) is 8.86. The second-order valence-corrected chi connectivity index (χ2v) is 6.36. The van der Waals surface area contributed by atoms with Crippen LogP contribution in [0.3, 0.4) is 0 Å². The van der Waals surface area contributed by atoms with Crippen LogP contribution in [0.5, 0.6) is 5.75 Å². The average Bonchev–Trinajstić information content (AvgIpc) is 2.59. The maximum absolute atomic E-state index is 12.2. The van der Waals surface area contributed by atoms with E-state index in [4.69, 9.17) is 4.74 Å². The van der Waals surface area contributed by atoms with Crippen molar-refractivity contribution in [3.8, 4) is 5.75 Å². The number of rotatable bonds is 7. The first kappa shape index (κ1) is 19.0. The summed E-state index contributed by atoms with van der Waals surface area (Å²) in [5.74, 6) is 0.131. The molecule has 0 radical (unpaired) electrons. The zero-order chi connectivity index (χ0) is 18.2. The number of halogens is 1. The molecule has 0 aliphatic carbocycles. The van der Waals surface area contributed by atoms with Gasteiger partial charge in [0.05, 0.1) is 12.2 Å². The Morgan fingerprint density at radius 2 is 1.92 bits per heavy atom. The Hall–Kier alpha value is -2.34. The molecule has 0 aliphatic rings. The molecule has 0 bridgehead atoms. The number of anilines is 1. The Morgan fingerprint density at radius 1 is 1.16 bits per heavy atom. The minimum Gasteiger partial charge on any atom is -0.493 e. The fourth-order valence-corrected chi connectivity index (χ4v) is 2.62. The summed E-state index contributed by atoms with van der Waals surface area (Å²) < 4.78 is 6.34. The second-order valence-electron chi connectivity index (χ2n) is 5.44. The average molecular weight is 405 g/mol. The van der Waals surface area contributed by atoms with Gasteiger partial charge >= 0.3 is 0 Å². The lowest BCUT2D eigenvalue weighted by atomic mass is 10.2. The van der Waals surface area contributed by atoms with E-state index in [-0.39, 0.29) is 24.8 Å². The molecule has 0 spiro atoms. The van der Waals surface area contributed by atoms with Gasteiger partial charge in [0.1, 0.15) is 5.75 Å². The molecule has 25 heavy (non-hydrogen) atoms. The van der Waals surface area contributed by atoms with Crippen molar-refractivity contribution in [1.29, 1.82) is 0 Å².